The van der Waals surface area contributed by atoms with Gasteiger partial charge >= 0.3 is 0 Å². The number of benzene rings is 5. The predicted molar refractivity (Wildman–Crippen MR) is 208 cm³/mol. The van der Waals surface area contributed by atoms with E-state index in [1.54, 1.807) is 0 Å². The summed E-state index contributed by atoms with van der Waals surface area (Å²) in [5.74, 6) is 0.572. The van der Waals surface area contributed by atoms with Crippen LogP contribution in [0, 0.1) is 5.92 Å². The van der Waals surface area contributed by atoms with Crippen molar-refractivity contribution >= 4 is 39.8 Å². The molecule has 4 aliphatic rings. The molecule has 7 aromatic rings. The van der Waals surface area contributed by atoms with E-state index in [-0.39, 0.29) is 12.0 Å². The third-order valence-electron chi connectivity index (χ3n) is 11.1. The van der Waals surface area contributed by atoms with Gasteiger partial charge in [0, 0.05) is 51.8 Å². The van der Waals surface area contributed by atoms with Gasteiger partial charge in [-0.15, -0.1) is 0 Å². The highest BCUT2D eigenvalue weighted by Gasteiger charge is 2.38. The van der Waals surface area contributed by atoms with Gasteiger partial charge in [-0.05, 0) is 65.7 Å². The van der Waals surface area contributed by atoms with Gasteiger partial charge in [-0.1, -0.05) is 109 Å². The van der Waals surface area contributed by atoms with Crippen LogP contribution in [0.3, 0.4) is 0 Å². The Morgan fingerprint density at radius 2 is 1.39 bits per heavy atom. The summed E-state index contributed by atoms with van der Waals surface area (Å²) >= 11 is 0. The maximum atomic E-state index is 5.93. The number of fused-ring (bicyclic) bond motifs is 10. The maximum Gasteiger partial charge on any atom is 0.136 e. The van der Waals surface area contributed by atoms with Crippen LogP contribution in [-0.2, 0) is 0 Å². The lowest BCUT2D eigenvalue weighted by Gasteiger charge is -2.43. The molecular weight excluding hydrogens is 625 g/mol. The van der Waals surface area contributed by atoms with Crippen LogP contribution in [0.15, 0.2) is 168 Å². The molecule has 51 heavy (non-hydrogen) atoms. The summed E-state index contributed by atoms with van der Waals surface area (Å²) in [4.78, 5) is 2.48. The molecule has 2 aliphatic carbocycles. The number of furan rings is 1. The first-order valence-corrected chi connectivity index (χ1v) is 17.8. The van der Waals surface area contributed by atoms with E-state index in [9.17, 15) is 0 Å². The van der Waals surface area contributed by atoms with Crippen molar-refractivity contribution in [3.63, 3.8) is 0 Å². The number of nitrogens with zero attached hydrogens (tertiary/aromatic N) is 3. The monoisotopic (exact) mass is 658 g/mol. The van der Waals surface area contributed by atoms with Crippen molar-refractivity contribution < 1.29 is 4.42 Å². The topological polar surface area (TPSA) is 36.6 Å². The lowest BCUT2D eigenvalue weighted by atomic mass is 9.76. The molecule has 0 radical (unpaired) electrons. The van der Waals surface area contributed by atoms with Gasteiger partial charge in [0.1, 0.15) is 11.8 Å². The third kappa shape index (κ3) is 4.19. The Balaban J connectivity index is 1.13. The molecule has 4 heterocycles. The number of rotatable bonds is 4. The first kappa shape index (κ1) is 28.5. The normalized spacial score (nSPS) is 19.5. The molecule has 2 aromatic heterocycles. The van der Waals surface area contributed by atoms with Crippen molar-refractivity contribution in [3.05, 3.63) is 181 Å². The van der Waals surface area contributed by atoms with E-state index < -0.39 is 0 Å². The molecular formula is C46H34N4O. The number of aromatic nitrogens is 1. The highest BCUT2D eigenvalue weighted by Crippen LogP contribution is 2.57. The van der Waals surface area contributed by atoms with Crippen molar-refractivity contribution in [2.75, 3.05) is 16.5 Å². The predicted octanol–water partition coefficient (Wildman–Crippen LogP) is 11.3. The van der Waals surface area contributed by atoms with Gasteiger partial charge < -0.3 is 13.9 Å². The Kier molecular flexibility index (Phi) is 6.21. The maximum absolute atomic E-state index is 5.93. The lowest BCUT2D eigenvalue weighted by molar-refractivity contribution is 0.393. The molecule has 1 fully saturated rings. The zero-order valence-corrected chi connectivity index (χ0v) is 27.9. The van der Waals surface area contributed by atoms with Crippen molar-refractivity contribution in [2.45, 2.75) is 12.0 Å². The minimum absolute atomic E-state index is 0.171. The molecule has 5 aromatic carbocycles. The first-order chi connectivity index (χ1) is 25.3. The summed E-state index contributed by atoms with van der Waals surface area (Å²) in [5, 5.41) is 3.36. The number of hydrazine groups is 1. The molecule has 1 N–H and O–H groups in total. The van der Waals surface area contributed by atoms with Crippen LogP contribution in [0.1, 0.15) is 28.8 Å². The molecule has 0 bridgehead atoms. The van der Waals surface area contributed by atoms with Crippen LogP contribution in [-0.4, -0.2) is 11.1 Å². The molecule has 11 rings (SSSR count). The second-order valence-corrected chi connectivity index (χ2v) is 13.8. The average Bonchev–Trinajstić information content (AvgIpc) is 3.72. The van der Waals surface area contributed by atoms with Crippen molar-refractivity contribution in [1.29, 1.82) is 0 Å². The van der Waals surface area contributed by atoms with E-state index in [2.05, 4.69) is 172 Å². The van der Waals surface area contributed by atoms with Gasteiger partial charge in [-0.3, -0.25) is 5.01 Å². The second-order valence-electron chi connectivity index (χ2n) is 13.8. The third-order valence-corrected chi connectivity index (χ3v) is 11.1. The highest BCUT2D eigenvalue weighted by molar-refractivity contribution is 6.05. The molecule has 0 amide bonds. The number of para-hydroxylation sites is 4. The summed E-state index contributed by atoms with van der Waals surface area (Å²) in [7, 11) is 0. The van der Waals surface area contributed by atoms with Gasteiger partial charge in [0.05, 0.1) is 34.5 Å². The lowest BCUT2D eigenvalue weighted by Crippen LogP contribution is -2.56. The largest absolute Gasteiger partial charge is 0.462 e. The van der Waals surface area contributed by atoms with Gasteiger partial charge in [-0.25, -0.2) is 5.43 Å². The van der Waals surface area contributed by atoms with E-state index >= 15 is 0 Å². The summed E-state index contributed by atoms with van der Waals surface area (Å²) in [6.07, 6.45) is 15.7. The van der Waals surface area contributed by atoms with Crippen molar-refractivity contribution in [1.82, 2.24) is 9.99 Å². The number of anilines is 4. The Hall–Kier alpha value is -6.30. The summed E-state index contributed by atoms with van der Waals surface area (Å²) in [5.41, 5.74) is 19.1. The van der Waals surface area contributed by atoms with Crippen LogP contribution in [0.2, 0.25) is 0 Å². The van der Waals surface area contributed by atoms with E-state index in [1.165, 1.54) is 50.6 Å². The first-order valence-electron chi connectivity index (χ1n) is 17.8. The molecule has 0 saturated carbocycles. The quantitative estimate of drug-likeness (QED) is 0.204. The van der Waals surface area contributed by atoms with E-state index in [0.717, 1.165) is 34.6 Å². The zero-order valence-electron chi connectivity index (χ0n) is 27.9. The van der Waals surface area contributed by atoms with Crippen LogP contribution in [0.25, 0.3) is 45.1 Å². The average molecular weight is 659 g/mol. The SMILES string of the molecule is C1=CC2C=Cc3c(c4c(n3-c3ccccc3)-c3ccccc3N(c3cccc(C5CNN5c5coc6ccccc56)c3)c3ccccc3-4)C2C=C1. The molecule has 5 heteroatoms. The van der Waals surface area contributed by atoms with Gasteiger partial charge in [0.25, 0.3) is 0 Å². The second kappa shape index (κ2) is 11.1. The molecule has 5 nitrogen and oxygen atoms in total. The van der Waals surface area contributed by atoms with Crippen LogP contribution in [0.5, 0.6) is 0 Å². The van der Waals surface area contributed by atoms with E-state index in [1.807, 2.05) is 18.4 Å². The summed E-state index contributed by atoms with van der Waals surface area (Å²) in [6, 6.07) is 46.3. The Bertz CT molecular complexity index is 2590. The van der Waals surface area contributed by atoms with E-state index in [4.69, 9.17) is 4.42 Å². The fourth-order valence-corrected chi connectivity index (χ4v) is 8.75. The number of nitrogens with one attached hydrogen (secondary N) is 1. The van der Waals surface area contributed by atoms with Crippen LogP contribution >= 0.6 is 0 Å². The summed E-state index contributed by atoms with van der Waals surface area (Å²) < 4.78 is 8.44. The fraction of sp³-hybridized carbons (Fsp3) is 0.0870. The molecule has 3 unspecified atom stereocenters. The smallest absolute Gasteiger partial charge is 0.136 e. The Morgan fingerprint density at radius 3 is 2.25 bits per heavy atom. The number of hydrogen-bond acceptors (Lipinski definition) is 4. The van der Waals surface area contributed by atoms with Crippen LogP contribution in [0.4, 0.5) is 22.7 Å². The van der Waals surface area contributed by atoms with Crippen molar-refractivity contribution in [2.24, 2.45) is 5.92 Å². The van der Waals surface area contributed by atoms with Gasteiger partial charge in [-0.2, -0.15) is 0 Å². The Morgan fingerprint density at radius 1 is 0.647 bits per heavy atom. The molecule has 2 aliphatic heterocycles. The van der Waals surface area contributed by atoms with E-state index in [0.29, 0.717) is 5.92 Å². The Labute approximate surface area is 296 Å². The van der Waals surface area contributed by atoms with Crippen molar-refractivity contribution in [3.8, 4) is 28.1 Å². The molecule has 244 valence electrons. The fourth-order valence-electron chi connectivity index (χ4n) is 8.75. The molecule has 1 saturated heterocycles. The minimum atomic E-state index is 0.171. The summed E-state index contributed by atoms with van der Waals surface area (Å²) in [6.45, 7) is 0.854. The van der Waals surface area contributed by atoms with Crippen LogP contribution < -0.4 is 15.3 Å². The minimum Gasteiger partial charge on any atom is -0.462 e. The zero-order chi connectivity index (χ0) is 33.5. The van der Waals surface area contributed by atoms with Gasteiger partial charge in [0.15, 0.2) is 0 Å². The highest BCUT2D eigenvalue weighted by atomic mass is 16.3. The molecule has 3 atom stereocenters. The number of hydrogen-bond donors (Lipinski definition) is 1. The standard InChI is InChI=1S/C46H34N4O/c1-2-15-32(16-3-1)49-40-26-25-30-13-4-5-18-34(30)44(40)45-36-20-6-9-22-38(36)48(39-23-10-7-21-37(39)46(45)49)33-17-12-14-31(27-33)41-28-47-50(41)42-29-51-43-24-11-8-19-35(42)43/h1-27,29-30,34,41,47H,28H2. The molecule has 0 spiro atoms. The number of allylic oxidation sites excluding steroid dienone is 5. The van der Waals surface area contributed by atoms with Gasteiger partial charge in [0.2, 0.25) is 0 Å².